The van der Waals surface area contributed by atoms with Gasteiger partial charge < -0.3 is 92.5 Å². The van der Waals surface area contributed by atoms with E-state index in [9.17, 15) is 62.3 Å². The average molecular weight is 1350 g/mol. The Bertz CT molecular complexity index is 2960. The summed E-state index contributed by atoms with van der Waals surface area (Å²) >= 11 is 1.45. The van der Waals surface area contributed by atoms with Gasteiger partial charge in [-0.05, 0) is 119 Å². The van der Waals surface area contributed by atoms with Gasteiger partial charge in [0, 0.05) is 45.3 Å². The van der Waals surface area contributed by atoms with Crippen molar-refractivity contribution in [3.8, 4) is 0 Å². The molecule has 2 aliphatic rings. The van der Waals surface area contributed by atoms with Crippen LogP contribution in [0.15, 0.2) is 65.7 Å². The zero-order valence-electron chi connectivity index (χ0n) is 54.5. The smallest absolute Gasteiger partial charge is 0.245 e. The van der Waals surface area contributed by atoms with Gasteiger partial charge in [0.25, 0.3) is 0 Å². The van der Waals surface area contributed by atoms with Crippen molar-refractivity contribution in [2.75, 3.05) is 44.7 Å². The highest BCUT2D eigenvalue weighted by Gasteiger charge is 2.42. The second kappa shape index (κ2) is 41.0. The van der Waals surface area contributed by atoms with E-state index in [2.05, 4.69) is 47.5 Å². The van der Waals surface area contributed by atoms with Gasteiger partial charge in [-0.3, -0.25) is 67.3 Å². The Morgan fingerprint density at radius 3 is 1.51 bits per heavy atom. The second-order valence-electron chi connectivity index (χ2n) is 24.1. The summed E-state index contributed by atoms with van der Waals surface area (Å²) in [6, 6.07) is 4.51. The highest BCUT2D eigenvalue weighted by molar-refractivity contribution is 7.98. The van der Waals surface area contributed by atoms with Gasteiger partial charge in [0.2, 0.25) is 76.8 Å². The van der Waals surface area contributed by atoms with E-state index in [0.717, 1.165) is 0 Å². The zero-order valence-corrected chi connectivity index (χ0v) is 55.3. The predicted octanol–water partition coefficient (Wildman–Crippen LogP) is -3.71. The summed E-state index contributed by atoms with van der Waals surface area (Å²) in [5, 5.41) is 21.1. The quantitative estimate of drug-likeness (QED) is 0.0173. The van der Waals surface area contributed by atoms with Crippen LogP contribution in [0.4, 0.5) is 0 Å². The first-order valence-electron chi connectivity index (χ1n) is 32.2. The van der Waals surface area contributed by atoms with Gasteiger partial charge in [0.15, 0.2) is 5.96 Å². The molecule has 524 valence electrons. The molecule has 0 aromatic heterocycles. The molecule has 0 unspecified atom stereocenters. The van der Waals surface area contributed by atoms with E-state index in [1.54, 1.807) is 60.7 Å². The van der Waals surface area contributed by atoms with E-state index >= 15 is 0 Å². The van der Waals surface area contributed by atoms with Crippen LogP contribution in [0.2, 0.25) is 0 Å². The third-order valence-corrected chi connectivity index (χ3v) is 16.7. The molecule has 4 rings (SSSR count). The fourth-order valence-electron chi connectivity index (χ4n) is 11.0. The number of nitrogens with two attached hydrogens (primary N) is 7. The van der Waals surface area contributed by atoms with Crippen LogP contribution in [-0.2, 0) is 75.2 Å². The number of rotatable bonds is 42. The topological polar surface area (TPSA) is 519 Å². The molecule has 13 amide bonds. The minimum Gasteiger partial charge on any atom is -0.370 e. The zero-order chi connectivity index (χ0) is 70.1. The maximum atomic E-state index is 14.7. The summed E-state index contributed by atoms with van der Waals surface area (Å²) in [4.78, 5) is 185. The van der Waals surface area contributed by atoms with Crippen LogP contribution in [0.3, 0.4) is 0 Å². The summed E-state index contributed by atoms with van der Waals surface area (Å²) in [6.07, 6.45) is 3.12. The molecule has 95 heavy (non-hydrogen) atoms. The van der Waals surface area contributed by atoms with Crippen molar-refractivity contribution in [2.45, 2.75) is 183 Å². The van der Waals surface area contributed by atoms with Gasteiger partial charge in [-0.1, -0.05) is 74.5 Å². The van der Waals surface area contributed by atoms with Crippen LogP contribution < -0.4 is 82.7 Å². The third kappa shape index (κ3) is 27.5. The summed E-state index contributed by atoms with van der Waals surface area (Å²) in [6.45, 7) is 3.86. The van der Waals surface area contributed by atoms with Crippen molar-refractivity contribution in [3.05, 3.63) is 71.8 Å². The number of likely N-dealkylation sites (tertiary alicyclic amines) is 2. The first-order valence-corrected chi connectivity index (χ1v) is 33.6. The Morgan fingerprint density at radius 1 is 0.537 bits per heavy atom. The van der Waals surface area contributed by atoms with Gasteiger partial charge >= 0.3 is 0 Å². The predicted molar refractivity (Wildman–Crippen MR) is 356 cm³/mol. The molecular formula is C63H98N18O13S. The average Bonchev–Trinajstić information content (AvgIpc) is 1.74. The number of nitrogens with zero attached hydrogens (tertiary/aromatic N) is 3. The third-order valence-electron chi connectivity index (χ3n) is 16.0. The van der Waals surface area contributed by atoms with Gasteiger partial charge in [-0.2, -0.15) is 11.8 Å². The van der Waals surface area contributed by atoms with Crippen molar-refractivity contribution >= 4 is 94.5 Å². The minimum absolute atomic E-state index is 0.0736. The molecule has 0 radical (unpaired) electrons. The summed E-state index contributed by atoms with van der Waals surface area (Å²) in [5.74, 6) is -9.80. The monoisotopic (exact) mass is 1350 g/mol. The largest absolute Gasteiger partial charge is 0.370 e. The lowest BCUT2D eigenvalue weighted by Gasteiger charge is -2.32. The second-order valence-corrected chi connectivity index (χ2v) is 25.1. The first-order chi connectivity index (χ1) is 45.2. The number of nitrogens with one attached hydrogen (secondary N) is 8. The van der Waals surface area contributed by atoms with Crippen LogP contribution in [0.25, 0.3) is 0 Å². The minimum atomic E-state index is -1.64. The summed E-state index contributed by atoms with van der Waals surface area (Å²) < 4.78 is 0. The van der Waals surface area contributed by atoms with Crippen LogP contribution in [0, 0.1) is 5.92 Å². The van der Waals surface area contributed by atoms with Gasteiger partial charge in [0.1, 0.15) is 54.4 Å². The molecule has 0 bridgehead atoms. The number of thioether (sulfide) groups is 1. The lowest BCUT2D eigenvalue weighted by molar-refractivity contribution is -0.144. The number of primary amides is 3. The van der Waals surface area contributed by atoms with Crippen molar-refractivity contribution in [1.29, 1.82) is 0 Å². The summed E-state index contributed by atoms with van der Waals surface area (Å²) in [7, 11) is 0. The number of hydrogen-bond donors (Lipinski definition) is 15. The number of unbranched alkanes of at least 4 members (excludes halogenated alkanes) is 1. The molecule has 2 fully saturated rings. The fourth-order valence-corrected chi connectivity index (χ4v) is 11.5. The molecule has 2 saturated heterocycles. The molecule has 2 heterocycles. The summed E-state index contributed by atoms with van der Waals surface area (Å²) in [5.41, 5.74) is 40.6. The Morgan fingerprint density at radius 2 is 1.01 bits per heavy atom. The molecular weight excluding hydrogens is 1250 g/mol. The van der Waals surface area contributed by atoms with E-state index in [-0.39, 0.29) is 83.0 Å². The number of amides is 13. The molecule has 2 aromatic rings. The van der Waals surface area contributed by atoms with Crippen LogP contribution >= 0.6 is 11.8 Å². The van der Waals surface area contributed by atoms with Crippen molar-refractivity contribution in [1.82, 2.24) is 52.3 Å². The van der Waals surface area contributed by atoms with Gasteiger partial charge in [0.05, 0.1) is 12.6 Å². The standard InChI is InChI=1S/C63H98N18O13S/c1-37(2)33-45(57(89)74-41(53(68)85)27-32-95-3)73-52(84)36-72-54(86)46(34-38-15-6-4-7-16-38)78-58(90)47(35-39-17-8-5-9-18-39)79-56(88)42(23-25-50(66)82)75-55(87)43(24-26-51(67)83)76-59(91)49-22-14-31-81(49)62(94)44(20-10-11-28-64)77-60(92)48-21-13-30-80(48)61(93)40(65)19-12-29-71-63(69)70/h4-9,15-18,37,40-49H,10-14,19-36,64-65H2,1-3H3,(H2,66,82)(H2,67,83)(H2,68,85)(H,72,86)(H,73,84)(H,74,89)(H,75,87)(H,76,91)(H,77,92)(H,78,90)(H,79,88)(H4,69,70,71)/t40-,41+,42+,43+,44+,45-,46+,47+,48+,49-/m1/s1. The Hall–Kier alpha value is -8.91. The van der Waals surface area contributed by atoms with Gasteiger partial charge in [-0.25, -0.2) is 0 Å². The molecule has 31 nitrogen and oxygen atoms in total. The maximum absolute atomic E-state index is 14.7. The number of benzene rings is 2. The maximum Gasteiger partial charge on any atom is 0.245 e. The van der Waals surface area contributed by atoms with E-state index in [1.807, 2.05) is 20.1 Å². The van der Waals surface area contributed by atoms with Crippen LogP contribution in [-0.4, -0.2) is 198 Å². The number of carbonyl (C=O) groups is 13. The SMILES string of the molecule is CSCC[C@H](NC(=O)[C@@H](CC(C)C)NC(=O)CNC(=O)[C@H](Cc1ccccc1)NC(=O)[C@H](Cc1ccccc1)NC(=O)[C@H](CCC(N)=O)NC(=O)[C@H](CCC(N)=O)NC(=O)[C@H]1CCCN1C(=O)[C@H](CCCCN)NC(=O)[C@@H]1CCCN1C(=O)[C@H](N)CCCN=C(N)N)C(N)=O. The number of carbonyl (C=O) groups excluding carboxylic acids is 13. The highest BCUT2D eigenvalue weighted by Crippen LogP contribution is 2.24. The normalized spacial score (nSPS) is 16.8. The Balaban J connectivity index is 1.56. The lowest BCUT2D eigenvalue weighted by Crippen LogP contribution is -2.60. The highest BCUT2D eigenvalue weighted by atomic mass is 32.2. The molecule has 2 aliphatic heterocycles. The van der Waals surface area contributed by atoms with Crippen molar-refractivity contribution in [3.63, 3.8) is 0 Å². The van der Waals surface area contributed by atoms with Crippen LogP contribution in [0.5, 0.6) is 0 Å². The van der Waals surface area contributed by atoms with Gasteiger partial charge in [-0.15, -0.1) is 0 Å². The lowest BCUT2D eigenvalue weighted by atomic mass is 10.0. The molecule has 10 atom stereocenters. The van der Waals surface area contributed by atoms with E-state index < -0.39 is 169 Å². The van der Waals surface area contributed by atoms with Crippen LogP contribution in [0.1, 0.15) is 121 Å². The molecule has 22 N–H and O–H groups in total. The van der Waals surface area contributed by atoms with E-state index in [0.29, 0.717) is 55.4 Å². The number of aliphatic imine (C=N–C) groups is 1. The first kappa shape index (κ1) is 78.5. The Kier molecular flexibility index (Phi) is 33.9. The molecule has 2 aromatic carbocycles. The fraction of sp³-hybridized carbons (Fsp3) is 0.587. The van der Waals surface area contributed by atoms with E-state index in [1.165, 1.54) is 21.6 Å². The molecule has 0 aliphatic carbocycles. The molecule has 0 saturated carbocycles. The van der Waals surface area contributed by atoms with E-state index in [4.69, 9.17) is 40.1 Å². The Labute approximate surface area is 558 Å². The van der Waals surface area contributed by atoms with Crippen molar-refractivity contribution in [2.24, 2.45) is 51.0 Å². The molecule has 0 spiro atoms. The van der Waals surface area contributed by atoms with Crippen molar-refractivity contribution < 1.29 is 62.3 Å². The number of hydrogen-bond acceptors (Lipinski definition) is 17. The number of guanidine groups is 1. The molecule has 32 heteroatoms.